The number of hydrogen-bond donors (Lipinski definition) is 2. The fourth-order valence-corrected chi connectivity index (χ4v) is 6.36. The third kappa shape index (κ3) is 8.66. The van der Waals surface area contributed by atoms with Gasteiger partial charge in [0.25, 0.3) is 5.89 Å². The molecule has 3 aromatic rings. The van der Waals surface area contributed by atoms with E-state index in [1.54, 1.807) is 7.11 Å². The fraction of sp³-hybridized carbons (Fsp3) is 0.559. The van der Waals surface area contributed by atoms with Crippen molar-refractivity contribution in [2.24, 2.45) is 17.1 Å². The molecule has 3 N–H and O–H groups in total. The predicted molar refractivity (Wildman–Crippen MR) is 171 cm³/mol. The summed E-state index contributed by atoms with van der Waals surface area (Å²) in [5.74, 6) is 0.772. The van der Waals surface area contributed by atoms with Gasteiger partial charge >= 0.3 is 5.97 Å². The first-order valence-corrected chi connectivity index (χ1v) is 15.8. The first-order chi connectivity index (χ1) is 20.4. The van der Waals surface area contributed by atoms with Crippen molar-refractivity contribution in [2.75, 3.05) is 26.8 Å². The summed E-state index contributed by atoms with van der Waals surface area (Å²) in [7, 11) is 1.68. The Labute approximate surface area is 260 Å². The molecule has 4 rings (SSSR count). The molecule has 43 heavy (non-hydrogen) atoms. The van der Waals surface area contributed by atoms with E-state index >= 15 is 0 Å². The molecule has 2 heterocycles. The summed E-state index contributed by atoms with van der Waals surface area (Å²) in [6.07, 6.45) is 5.34. The summed E-state index contributed by atoms with van der Waals surface area (Å²) in [5, 5.41) is 15.1. The number of unbranched alkanes of at least 4 members (excludes halogenated alkanes) is 1. The predicted octanol–water partition coefficient (Wildman–Crippen LogP) is 7.41. The van der Waals surface area contributed by atoms with Crippen LogP contribution in [0.2, 0.25) is 5.02 Å². The summed E-state index contributed by atoms with van der Waals surface area (Å²) in [4.78, 5) is 19.4. The molecule has 1 aliphatic rings. The van der Waals surface area contributed by atoms with E-state index in [1.807, 2.05) is 44.2 Å². The van der Waals surface area contributed by atoms with Crippen molar-refractivity contribution in [1.82, 2.24) is 15.0 Å². The Morgan fingerprint density at radius 1 is 1.14 bits per heavy atom. The maximum atomic E-state index is 12.4. The van der Waals surface area contributed by atoms with Gasteiger partial charge in [-0.25, -0.2) is 0 Å². The van der Waals surface area contributed by atoms with E-state index in [9.17, 15) is 9.90 Å². The highest BCUT2D eigenvalue weighted by molar-refractivity contribution is 6.31. The number of carbonyl (C=O) groups is 1. The highest BCUT2D eigenvalue weighted by Crippen LogP contribution is 2.41. The largest absolute Gasteiger partial charge is 0.481 e. The molecule has 0 bridgehead atoms. The van der Waals surface area contributed by atoms with Crippen molar-refractivity contribution in [2.45, 2.75) is 84.2 Å². The van der Waals surface area contributed by atoms with Gasteiger partial charge in [-0.1, -0.05) is 67.4 Å². The van der Waals surface area contributed by atoms with Gasteiger partial charge in [0.15, 0.2) is 0 Å². The number of carboxylic acid groups (broad SMARTS) is 1. The summed E-state index contributed by atoms with van der Waals surface area (Å²) in [6, 6.07) is 14.2. The van der Waals surface area contributed by atoms with Crippen LogP contribution in [-0.4, -0.2) is 58.5 Å². The van der Waals surface area contributed by atoms with Crippen molar-refractivity contribution < 1.29 is 19.2 Å². The fourth-order valence-electron chi connectivity index (χ4n) is 6.10. The smallest absolute Gasteiger partial charge is 0.309 e. The second kappa shape index (κ2) is 14.3. The standard InChI is InChI=1S/C34H47ClN4O4/c1-23(2)20-26-12-13-27(21-28(26)35)31-37-30(38-43-31)25-10-8-24(9-11-25)29(22-33(3,4)36)39-17-15-34(16-18-39,32(40)41)14-6-7-19-42-5/h8-13,21,23,29H,6-7,14-20,22,36H2,1-5H3,(H,40,41). The van der Waals surface area contributed by atoms with Gasteiger partial charge in [-0.2, -0.15) is 4.98 Å². The lowest BCUT2D eigenvalue weighted by atomic mass is 9.74. The minimum absolute atomic E-state index is 0.0710. The van der Waals surface area contributed by atoms with E-state index in [0.29, 0.717) is 61.6 Å². The second-order valence-electron chi connectivity index (χ2n) is 13.2. The minimum atomic E-state index is -0.683. The van der Waals surface area contributed by atoms with Gasteiger partial charge in [-0.3, -0.25) is 9.69 Å². The van der Waals surface area contributed by atoms with Crippen LogP contribution in [0.1, 0.15) is 83.4 Å². The van der Waals surface area contributed by atoms with E-state index < -0.39 is 11.4 Å². The molecule has 1 saturated heterocycles. The molecule has 0 amide bonds. The lowest BCUT2D eigenvalue weighted by Gasteiger charge is -2.44. The zero-order valence-electron chi connectivity index (χ0n) is 26.2. The molecule has 234 valence electrons. The van der Waals surface area contributed by atoms with Crippen LogP contribution in [0, 0.1) is 11.3 Å². The Hall–Kier alpha value is -2.78. The van der Waals surface area contributed by atoms with Gasteiger partial charge in [0.2, 0.25) is 5.82 Å². The molecular formula is C34H47ClN4O4. The number of likely N-dealkylation sites (tertiary alicyclic amines) is 1. The Morgan fingerprint density at radius 2 is 1.81 bits per heavy atom. The molecule has 0 spiro atoms. The van der Waals surface area contributed by atoms with Gasteiger partial charge in [0.1, 0.15) is 0 Å². The van der Waals surface area contributed by atoms with Crippen LogP contribution in [0.25, 0.3) is 22.8 Å². The SMILES string of the molecule is COCCCCC1(C(=O)O)CCN(C(CC(C)(C)N)c2ccc(-c3noc(-c4ccc(CC(C)C)c(Cl)c4)n3)cc2)CC1. The second-order valence-corrected chi connectivity index (χ2v) is 13.6. The maximum Gasteiger partial charge on any atom is 0.309 e. The molecule has 1 aliphatic heterocycles. The molecule has 9 heteroatoms. The van der Waals surface area contributed by atoms with Gasteiger partial charge in [0, 0.05) is 41.4 Å². The summed E-state index contributed by atoms with van der Waals surface area (Å²) < 4.78 is 10.8. The summed E-state index contributed by atoms with van der Waals surface area (Å²) in [6.45, 7) is 10.5. The Morgan fingerprint density at radius 3 is 2.40 bits per heavy atom. The van der Waals surface area contributed by atoms with E-state index in [1.165, 1.54) is 0 Å². The number of hydrogen-bond acceptors (Lipinski definition) is 7. The normalized spacial score (nSPS) is 16.5. The number of aromatic nitrogens is 2. The van der Waals surface area contributed by atoms with Crippen LogP contribution in [0.4, 0.5) is 0 Å². The molecule has 0 aliphatic carbocycles. The quantitative estimate of drug-likeness (QED) is 0.181. The molecule has 8 nitrogen and oxygen atoms in total. The topological polar surface area (TPSA) is 115 Å². The summed E-state index contributed by atoms with van der Waals surface area (Å²) >= 11 is 6.53. The monoisotopic (exact) mass is 610 g/mol. The van der Waals surface area contributed by atoms with Crippen molar-refractivity contribution in [3.05, 3.63) is 58.6 Å². The zero-order chi connectivity index (χ0) is 31.2. The van der Waals surface area contributed by atoms with Crippen LogP contribution >= 0.6 is 11.6 Å². The molecule has 1 atom stereocenters. The Bertz CT molecular complexity index is 1340. The molecule has 1 aromatic heterocycles. The van der Waals surface area contributed by atoms with E-state index in [-0.39, 0.29) is 11.6 Å². The number of aliphatic carboxylic acids is 1. The number of methoxy groups -OCH3 is 1. The van der Waals surface area contributed by atoms with Crippen molar-refractivity contribution >= 4 is 17.6 Å². The van der Waals surface area contributed by atoms with Crippen LogP contribution in [-0.2, 0) is 16.0 Å². The van der Waals surface area contributed by atoms with Gasteiger partial charge < -0.3 is 20.1 Å². The summed E-state index contributed by atoms with van der Waals surface area (Å²) in [5.41, 5.74) is 9.35. The van der Waals surface area contributed by atoms with Crippen molar-refractivity contribution in [3.8, 4) is 22.8 Å². The third-order valence-electron chi connectivity index (χ3n) is 8.53. The van der Waals surface area contributed by atoms with Gasteiger partial charge in [-0.05, 0) is 94.6 Å². The third-order valence-corrected chi connectivity index (χ3v) is 8.88. The van der Waals surface area contributed by atoms with E-state index in [0.717, 1.165) is 47.9 Å². The lowest BCUT2D eigenvalue weighted by Crippen LogP contribution is -2.47. The molecule has 0 saturated carbocycles. The number of ether oxygens (including phenoxy) is 1. The van der Waals surface area contributed by atoms with E-state index in [2.05, 4.69) is 41.0 Å². The Kier molecular flexibility index (Phi) is 11.0. The van der Waals surface area contributed by atoms with Crippen LogP contribution in [0.5, 0.6) is 0 Å². The van der Waals surface area contributed by atoms with Gasteiger partial charge in [-0.15, -0.1) is 0 Å². The average Bonchev–Trinajstić information content (AvgIpc) is 3.45. The minimum Gasteiger partial charge on any atom is -0.481 e. The van der Waals surface area contributed by atoms with Gasteiger partial charge in [0.05, 0.1) is 5.41 Å². The maximum absolute atomic E-state index is 12.4. The highest BCUT2D eigenvalue weighted by Gasteiger charge is 2.42. The average molecular weight is 611 g/mol. The number of halogens is 1. The number of benzene rings is 2. The number of nitrogens with zero attached hydrogens (tertiary/aromatic N) is 3. The Balaban J connectivity index is 1.49. The van der Waals surface area contributed by atoms with Crippen molar-refractivity contribution in [1.29, 1.82) is 0 Å². The lowest BCUT2D eigenvalue weighted by molar-refractivity contribution is -0.153. The molecule has 1 unspecified atom stereocenters. The highest BCUT2D eigenvalue weighted by atomic mass is 35.5. The molecule has 0 radical (unpaired) electrons. The van der Waals surface area contributed by atoms with Crippen LogP contribution in [0.3, 0.4) is 0 Å². The molecule has 2 aromatic carbocycles. The first-order valence-electron chi connectivity index (χ1n) is 15.4. The number of rotatable bonds is 14. The van der Waals surface area contributed by atoms with Crippen LogP contribution < -0.4 is 5.73 Å². The molecular weight excluding hydrogens is 564 g/mol. The number of nitrogens with two attached hydrogens (primary N) is 1. The van der Waals surface area contributed by atoms with Crippen molar-refractivity contribution in [3.63, 3.8) is 0 Å². The number of carboxylic acids is 1. The zero-order valence-corrected chi connectivity index (χ0v) is 27.0. The first kappa shape index (κ1) is 33.1. The number of piperidine rings is 1. The van der Waals surface area contributed by atoms with Crippen LogP contribution in [0.15, 0.2) is 47.0 Å². The molecule has 1 fully saturated rings. The van der Waals surface area contributed by atoms with E-state index in [4.69, 9.17) is 26.6 Å².